The second-order valence-corrected chi connectivity index (χ2v) is 5.13. The van der Waals surface area contributed by atoms with E-state index in [1.807, 2.05) is 0 Å². The molecule has 0 radical (unpaired) electrons. The monoisotopic (exact) mass is 187 g/mol. The third kappa shape index (κ3) is 1.69. The summed E-state index contributed by atoms with van der Waals surface area (Å²) in [6.07, 6.45) is 0.305. The molecule has 0 aromatic rings. The van der Waals surface area contributed by atoms with E-state index in [1.165, 1.54) is 7.11 Å². The first-order valence-corrected chi connectivity index (χ1v) is 5.37. The lowest BCUT2D eigenvalue weighted by atomic mass is 10.2. The normalized spacial score (nSPS) is 34.2. The van der Waals surface area contributed by atoms with Gasteiger partial charge in [-0.05, 0) is 18.3 Å². The van der Waals surface area contributed by atoms with Crippen molar-refractivity contribution in [3.05, 3.63) is 21.8 Å². The van der Waals surface area contributed by atoms with E-state index in [0.717, 1.165) is 5.57 Å². The molecule has 0 saturated carbocycles. The zero-order valence-corrected chi connectivity index (χ0v) is 7.86. The third-order valence-corrected chi connectivity index (χ3v) is 4.13. The fourth-order valence-electron chi connectivity index (χ4n) is 1.15. The Kier molecular flexibility index (Phi) is 2.58. The molecule has 0 fully saturated rings. The van der Waals surface area contributed by atoms with Gasteiger partial charge in [0.25, 0.3) is 0 Å². The third-order valence-electron chi connectivity index (χ3n) is 1.85. The van der Waals surface area contributed by atoms with Gasteiger partial charge in [-0.3, -0.25) is 4.57 Å². The van der Waals surface area contributed by atoms with Crippen LogP contribution in [0.5, 0.6) is 0 Å². The second kappa shape index (κ2) is 3.31. The van der Waals surface area contributed by atoms with Gasteiger partial charge < -0.3 is 4.52 Å². The van der Waals surface area contributed by atoms with E-state index < -0.39 is 7.37 Å². The molecule has 2 unspecified atom stereocenters. The fourth-order valence-corrected chi connectivity index (χ4v) is 3.15. The molecule has 0 spiro atoms. The van der Waals surface area contributed by atoms with E-state index in [0.29, 0.717) is 6.16 Å². The van der Waals surface area contributed by atoms with E-state index >= 15 is 0 Å². The zero-order chi connectivity index (χ0) is 9.19. The molecule has 1 aliphatic heterocycles. The van der Waals surface area contributed by atoms with Gasteiger partial charge in [0.15, 0.2) is 0 Å². The molecule has 0 saturated heterocycles. The second-order valence-electron chi connectivity index (χ2n) is 2.69. The Morgan fingerprint density at radius 2 is 2.58 bits per heavy atom. The smallest absolute Gasteiger partial charge is 0.225 e. The summed E-state index contributed by atoms with van der Waals surface area (Å²) in [6.45, 7) is 1.79. The van der Waals surface area contributed by atoms with Gasteiger partial charge in [-0.2, -0.15) is 0 Å². The van der Waals surface area contributed by atoms with Crippen LogP contribution in [0.3, 0.4) is 0 Å². The predicted octanol–water partition coefficient (Wildman–Crippen LogP) is 2.51. The first-order valence-electron chi connectivity index (χ1n) is 3.49. The summed E-state index contributed by atoms with van der Waals surface area (Å²) in [6, 6.07) is -0.291. The van der Waals surface area contributed by atoms with Crippen molar-refractivity contribution in [3.8, 4) is 0 Å². The van der Waals surface area contributed by atoms with Gasteiger partial charge in [-0.25, -0.2) is 0 Å². The van der Waals surface area contributed by atoms with Crippen molar-refractivity contribution in [2.45, 2.75) is 13.0 Å². The molecule has 0 N–H and O–H groups in total. The molecule has 0 amide bonds. The van der Waals surface area contributed by atoms with Gasteiger partial charge in [-0.1, -0.05) is 10.7 Å². The Morgan fingerprint density at radius 3 is 3.00 bits per heavy atom. The lowest BCUT2D eigenvalue weighted by Crippen LogP contribution is -2.04. The van der Waals surface area contributed by atoms with Crippen molar-refractivity contribution < 1.29 is 9.09 Å². The van der Waals surface area contributed by atoms with Gasteiger partial charge >= 0.3 is 0 Å². The van der Waals surface area contributed by atoms with Crippen LogP contribution in [0.25, 0.3) is 10.4 Å². The average molecular weight is 187 g/mol. The van der Waals surface area contributed by atoms with Gasteiger partial charge in [-0.15, -0.1) is 0 Å². The van der Waals surface area contributed by atoms with Crippen LogP contribution < -0.4 is 0 Å². The zero-order valence-electron chi connectivity index (χ0n) is 6.97. The molecule has 1 rings (SSSR count). The summed E-state index contributed by atoms with van der Waals surface area (Å²) in [5, 5.41) is 3.51. The molecule has 66 valence electrons. The summed E-state index contributed by atoms with van der Waals surface area (Å²) in [7, 11) is -1.21. The molecule has 6 heteroatoms. The minimum atomic E-state index is -2.62. The molecule has 2 atom stereocenters. The largest absolute Gasteiger partial charge is 0.329 e. The van der Waals surface area contributed by atoms with Crippen LogP contribution in [0.4, 0.5) is 0 Å². The summed E-state index contributed by atoms with van der Waals surface area (Å²) < 4.78 is 16.4. The summed E-state index contributed by atoms with van der Waals surface area (Å²) in [5.74, 6) is 1.58. The summed E-state index contributed by atoms with van der Waals surface area (Å²) in [4.78, 5) is 2.68. The van der Waals surface area contributed by atoms with Crippen LogP contribution in [0.2, 0.25) is 0 Å². The van der Waals surface area contributed by atoms with E-state index in [1.54, 1.807) is 12.7 Å². The number of hydrogen-bond acceptors (Lipinski definition) is 3. The van der Waals surface area contributed by atoms with E-state index in [9.17, 15) is 4.57 Å². The Hall–Kier alpha value is -0.760. The van der Waals surface area contributed by atoms with Gasteiger partial charge in [0.2, 0.25) is 7.37 Å². The van der Waals surface area contributed by atoms with Crippen LogP contribution >= 0.6 is 7.37 Å². The van der Waals surface area contributed by atoms with Gasteiger partial charge in [0.05, 0.1) is 6.04 Å². The Labute approximate surface area is 70.5 Å². The average Bonchev–Trinajstić information content (AvgIpc) is 2.30. The van der Waals surface area contributed by atoms with Crippen molar-refractivity contribution >= 4 is 7.37 Å². The highest BCUT2D eigenvalue weighted by Crippen LogP contribution is 2.55. The fraction of sp³-hybridized carbons (Fsp3) is 0.667. The minimum absolute atomic E-state index is 0.291. The standard InChI is InChI=1S/C6H10N3O2P/c1-5-3-12(10,11-2)4-6(5)8-9-7/h3,6H,4H2,1-2H3. The summed E-state index contributed by atoms with van der Waals surface area (Å²) in [5.41, 5.74) is 9.02. The van der Waals surface area contributed by atoms with E-state index in [4.69, 9.17) is 10.1 Å². The van der Waals surface area contributed by atoms with Crippen LogP contribution in [-0.4, -0.2) is 19.3 Å². The van der Waals surface area contributed by atoms with Crippen molar-refractivity contribution in [2.75, 3.05) is 13.3 Å². The van der Waals surface area contributed by atoms with Crippen LogP contribution in [0, 0.1) is 0 Å². The lowest BCUT2D eigenvalue weighted by Gasteiger charge is -2.06. The van der Waals surface area contributed by atoms with E-state index in [2.05, 4.69) is 10.0 Å². The van der Waals surface area contributed by atoms with Crippen molar-refractivity contribution in [1.82, 2.24) is 0 Å². The SMILES string of the molecule is COP1(=O)C=C(C)C(N=[N+]=[N-])C1. The molecule has 5 nitrogen and oxygen atoms in total. The topological polar surface area (TPSA) is 75.1 Å². The number of rotatable bonds is 2. The minimum Gasteiger partial charge on any atom is -0.329 e. The number of nitrogens with zero attached hydrogens (tertiary/aromatic N) is 3. The highest BCUT2D eigenvalue weighted by atomic mass is 31.2. The van der Waals surface area contributed by atoms with Crippen molar-refractivity contribution in [2.24, 2.45) is 5.11 Å². The molecule has 1 aliphatic rings. The molecule has 12 heavy (non-hydrogen) atoms. The quantitative estimate of drug-likeness (QED) is 0.288. The van der Waals surface area contributed by atoms with Gasteiger partial charge in [0.1, 0.15) is 0 Å². The van der Waals surface area contributed by atoms with Crippen molar-refractivity contribution in [1.29, 1.82) is 0 Å². The molecule has 1 heterocycles. The Bertz CT molecular complexity index is 306. The molecule has 0 aromatic carbocycles. The highest BCUT2D eigenvalue weighted by Gasteiger charge is 2.31. The Morgan fingerprint density at radius 1 is 1.92 bits per heavy atom. The lowest BCUT2D eigenvalue weighted by molar-refractivity contribution is 0.403. The summed E-state index contributed by atoms with van der Waals surface area (Å²) >= 11 is 0. The molecular formula is C6H10N3O2P. The molecular weight excluding hydrogens is 177 g/mol. The number of azide groups is 1. The van der Waals surface area contributed by atoms with Crippen LogP contribution in [0.15, 0.2) is 16.5 Å². The predicted molar refractivity (Wildman–Crippen MR) is 46.2 cm³/mol. The van der Waals surface area contributed by atoms with Crippen LogP contribution in [0.1, 0.15) is 6.92 Å². The first-order chi connectivity index (χ1) is 5.61. The van der Waals surface area contributed by atoms with Crippen molar-refractivity contribution in [3.63, 3.8) is 0 Å². The maximum atomic E-state index is 11.6. The molecule has 0 bridgehead atoms. The molecule has 0 aliphatic carbocycles. The number of hydrogen-bond donors (Lipinski definition) is 0. The first kappa shape index (κ1) is 9.33. The van der Waals surface area contributed by atoms with Crippen LogP contribution in [-0.2, 0) is 9.09 Å². The van der Waals surface area contributed by atoms with E-state index in [-0.39, 0.29) is 6.04 Å². The van der Waals surface area contributed by atoms with Gasteiger partial charge in [0, 0.05) is 18.2 Å². The maximum absolute atomic E-state index is 11.6. The Balaban J connectivity index is 2.88. The molecule has 0 aromatic heterocycles. The highest BCUT2D eigenvalue weighted by molar-refractivity contribution is 7.62. The maximum Gasteiger partial charge on any atom is 0.225 e.